The first-order valence-electron chi connectivity index (χ1n) is 5.93. The molecule has 1 atom stereocenters. The Balaban J connectivity index is 2.23. The maximum atomic E-state index is 12.0. The molecule has 0 radical (unpaired) electrons. The second-order valence-electron chi connectivity index (χ2n) is 4.97. The summed E-state index contributed by atoms with van der Waals surface area (Å²) >= 11 is 0. The minimum absolute atomic E-state index is 0.119. The molecule has 1 aliphatic rings. The van der Waals surface area contributed by atoms with Crippen LogP contribution in [0.5, 0.6) is 0 Å². The van der Waals surface area contributed by atoms with Gasteiger partial charge in [0, 0.05) is 18.9 Å². The SMILES string of the molecule is Cc1ccc(N)c(N2CC(CS(N)(=O)=O)CC2=O)c1. The summed E-state index contributed by atoms with van der Waals surface area (Å²) in [5.74, 6) is -0.575. The Morgan fingerprint density at radius 1 is 1.42 bits per heavy atom. The van der Waals surface area contributed by atoms with Crippen LogP contribution in [-0.2, 0) is 14.8 Å². The number of nitrogen functional groups attached to an aromatic ring is 1. The van der Waals surface area contributed by atoms with Crippen molar-refractivity contribution in [3.05, 3.63) is 23.8 Å². The zero-order valence-corrected chi connectivity index (χ0v) is 11.5. The molecule has 19 heavy (non-hydrogen) atoms. The van der Waals surface area contributed by atoms with Gasteiger partial charge in [-0.05, 0) is 24.6 Å². The molecular weight excluding hydrogens is 266 g/mol. The van der Waals surface area contributed by atoms with Gasteiger partial charge in [0.1, 0.15) is 0 Å². The Bertz CT molecular complexity index is 613. The number of amides is 1. The molecule has 2 rings (SSSR count). The minimum Gasteiger partial charge on any atom is -0.397 e. The van der Waals surface area contributed by atoms with Crippen molar-refractivity contribution in [3.8, 4) is 0 Å². The van der Waals surface area contributed by atoms with Gasteiger partial charge in [0.15, 0.2) is 0 Å². The van der Waals surface area contributed by atoms with E-state index >= 15 is 0 Å². The molecule has 104 valence electrons. The van der Waals surface area contributed by atoms with Gasteiger partial charge < -0.3 is 10.6 Å². The van der Waals surface area contributed by atoms with Gasteiger partial charge in [-0.1, -0.05) is 6.07 Å². The second-order valence-corrected chi connectivity index (χ2v) is 6.63. The second kappa shape index (κ2) is 4.82. The highest BCUT2D eigenvalue weighted by Crippen LogP contribution is 2.30. The molecule has 1 aromatic rings. The van der Waals surface area contributed by atoms with E-state index in [-0.39, 0.29) is 24.0 Å². The third-order valence-corrected chi connectivity index (χ3v) is 4.09. The van der Waals surface area contributed by atoms with Crippen molar-refractivity contribution in [2.75, 3.05) is 22.9 Å². The Hall–Kier alpha value is -1.60. The minimum atomic E-state index is -3.57. The van der Waals surface area contributed by atoms with E-state index in [2.05, 4.69) is 0 Å². The third-order valence-electron chi connectivity index (χ3n) is 3.15. The molecule has 0 aromatic heterocycles. The number of aryl methyl sites for hydroxylation is 1. The van der Waals surface area contributed by atoms with Crippen molar-refractivity contribution < 1.29 is 13.2 Å². The van der Waals surface area contributed by atoms with E-state index in [1.807, 2.05) is 19.1 Å². The average Bonchev–Trinajstić information content (AvgIpc) is 2.60. The highest BCUT2D eigenvalue weighted by molar-refractivity contribution is 7.89. The fourth-order valence-corrected chi connectivity index (χ4v) is 3.22. The van der Waals surface area contributed by atoms with Crippen LogP contribution < -0.4 is 15.8 Å². The highest BCUT2D eigenvalue weighted by Gasteiger charge is 2.33. The maximum Gasteiger partial charge on any atom is 0.227 e. The van der Waals surface area contributed by atoms with E-state index in [9.17, 15) is 13.2 Å². The van der Waals surface area contributed by atoms with Crippen LogP contribution in [0.1, 0.15) is 12.0 Å². The number of primary sulfonamides is 1. The molecular formula is C12H17N3O3S. The zero-order chi connectivity index (χ0) is 14.2. The predicted octanol–water partition coefficient (Wildman–Crippen LogP) is 0.219. The molecule has 0 aliphatic carbocycles. The van der Waals surface area contributed by atoms with E-state index in [0.29, 0.717) is 17.9 Å². The van der Waals surface area contributed by atoms with Crippen LogP contribution in [0, 0.1) is 12.8 Å². The van der Waals surface area contributed by atoms with Crippen LogP contribution in [-0.4, -0.2) is 26.6 Å². The van der Waals surface area contributed by atoms with Gasteiger partial charge in [-0.25, -0.2) is 13.6 Å². The lowest BCUT2D eigenvalue weighted by Crippen LogP contribution is -2.28. The highest BCUT2D eigenvalue weighted by atomic mass is 32.2. The van der Waals surface area contributed by atoms with Crippen molar-refractivity contribution in [2.24, 2.45) is 11.1 Å². The first kappa shape index (κ1) is 13.8. The maximum absolute atomic E-state index is 12.0. The molecule has 0 spiro atoms. The van der Waals surface area contributed by atoms with Crippen LogP contribution in [0.15, 0.2) is 18.2 Å². The molecule has 0 saturated carbocycles. The molecule has 1 aliphatic heterocycles. The number of nitrogens with two attached hydrogens (primary N) is 2. The number of carbonyl (C=O) groups is 1. The average molecular weight is 283 g/mol. The number of sulfonamides is 1. The lowest BCUT2D eigenvalue weighted by Gasteiger charge is -2.19. The number of carbonyl (C=O) groups excluding carboxylic acids is 1. The summed E-state index contributed by atoms with van der Waals surface area (Å²) < 4.78 is 22.2. The first-order chi connectivity index (χ1) is 8.76. The Morgan fingerprint density at radius 3 is 2.74 bits per heavy atom. The number of nitrogens with zero attached hydrogens (tertiary/aromatic N) is 1. The summed E-state index contributed by atoms with van der Waals surface area (Å²) in [6, 6.07) is 5.43. The number of anilines is 2. The van der Waals surface area contributed by atoms with Crippen molar-refractivity contribution in [1.29, 1.82) is 0 Å². The molecule has 1 unspecified atom stereocenters. The summed E-state index contributed by atoms with van der Waals surface area (Å²) in [7, 11) is -3.57. The van der Waals surface area contributed by atoms with Gasteiger partial charge >= 0.3 is 0 Å². The number of hydrogen-bond acceptors (Lipinski definition) is 4. The normalized spacial score (nSPS) is 20.0. The first-order valence-corrected chi connectivity index (χ1v) is 7.65. The molecule has 1 aromatic carbocycles. The quantitative estimate of drug-likeness (QED) is 0.774. The Morgan fingerprint density at radius 2 is 2.11 bits per heavy atom. The third kappa shape index (κ3) is 3.24. The summed E-state index contributed by atoms with van der Waals surface area (Å²) in [6.07, 6.45) is 0.184. The molecule has 1 fully saturated rings. The summed E-state index contributed by atoms with van der Waals surface area (Å²) in [5.41, 5.74) is 8.01. The van der Waals surface area contributed by atoms with Crippen molar-refractivity contribution in [2.45, 2.75) is 13.3 Å². The van der Waals surface area contributed by atoms with Gasteiger partial charge in [-0.3, -0.25) is 4.79 Å². The molecule has 4 N–H and O–H groups in total. The van der Waals surface area contributed by atoms with Crippen molar-refractivity contribution in [3.63, 3.8) is 0 Å². The Kier molecular flexibility index (Phi) is 3.51. The molecule has 6 nitrogen and oxygen atoms in total. The zero-order valence-electron chi connectivity index (χ0n) is 10.7. The van der Waals surface area contributed by atoms with E-state index < -0.39 is 10.0 Å². The van der Waals surface area contributed by atoms with E-state index in [4.69, 9.17) is 10.9 Å². The molecule has 7 heteroatoms. The van der Waals surface area contributed by atoms with Crippen LogP contribution in [0.4, 0.5) is 11.4 Å². The molecule has 1 saturated heterocycles. The smallest absolute Gasteiger partial charge is 0.227 e. The number of rotatable bonds is 3. The van der Waals surface area contributed by atoms with Crippen LogP contribution in [0.2, 0.25) is 0 Å². The molecule has 1 amide bonds. The van der Waals surface area contributed by atoms with Gasteiger partial charge in [-0.2, -0.15) is 0 Å². The Labute approximate surface area is 112 Å². The molecule has 0 bridgehead atoms. The van der Waals surface area contributed by atoms with Gasteiger partial charge in [0.05, 0.1) is 17.1 Å². The summed E-state index contributed by atoms with van der Waals surface area (Å²) in [4.78, 5) is 13.5. The number of benzene rings is 1. The lowest BCUT2D eigenvalue weighted by molar-refractivity contribution is -0.117. The topological polar surface area (TPSA) is 106 Å². The molecule has 1 heterocycles. The van der Waals surface area contributed by atoms with Crippen LogP contribution >= 0.6 is 0 Å². The largest absolute Gasteiger partial charge is 0.397 e. The van der Waals surface area contributed by atoms with Crippen LogP contribution in [0.3, 0.4) is 0 Å². The van der Waals surface area contributed by atoms with E-state index in [1.54, 1.807) is 6.07 Å². The fourth-order valence-electron chi connectivity index (χ4n) is 2.34. The summed E-state index contributed by atoms with van der Waals surface area (Å²) in [6.45, 7) is 2.24. The predicted molar refractivity (Wildman–Crippen MR) is 74.0 cm³/mol. The van der Waals surface area contributed by atoms with Gasteiger partial charge in [-0.15, -0.1) is 0 Å². The van der Waals surface area contributed by atoms with E-state index in [1.165, 1.54) is 4.90 Å². The van der Waals surface area contributed by atoms with Crippen molar-refractivity contribution >= 4 is 27.3 Å². The fraction of sp³-hybridized carbons (Fsp3) is 0.417. The van der Waals surface area contributed by atoms with E-state index in [0.717, 1.165) is 5.56 Å². The summed E-state index contributed by atoms with van der Waals surface area (Å²) in [5, 5.41) is 5.02. The van der Waals surface area contributed by atoms with Gasteiger partial charge in [0.2, 0.25) is 15.9 Å². The van der Waals surface area contributed by atoms with Gasteiger partial charge in [0.25, 0.3) is 0 Å². The monoisotopic (exact) mass is 283 g/mol. The standard InChI is InChI=1S/C12H17N3O3S/c1-8-2-3-10(13)11(4-8)15-6-9(5-12(15)16)7-19(14,17)18/h2-4,9H,5-7,13H2,1H3,(H2,14,17,18). The number of hydrogen-bond donors (Lipinski definition) is 2. The van der Waals surface area contributed by atoms with Crippen LogP contribution in [0.25, 0.3) is 0 Å². The van der Waals surface area contributed by atoms with Crippen molar-refractivity contribution in [1.82, 2.24) is 0 Å². The lowest BCUT2D eigenvalue weighted by atomic mass is 10.1.